The Morgan fingerprint density at radius 1 is 1.29 bits per heavy atom. The van der Waals surface area contributed by atoms with Gasteiger partial charge in [0, 0.05) is 18.2 Å². The maximum absolute atomic E-state index is 9.95. The fourth-order valence-electron chi connectivity index (χ4n) is 3.22. The molecule has 1 aliphatic heterocycles. The minimum atomic E-state index is 0.0109. The summed E-state index contributed by atoms with van der Waals surface area (Å²) in [5, 5.41) is 10.8. The Morgan fingerprint density at radius 2 is 1.95 bits per heavy atom. The number of benzene rings is 1. The first-order valence-electron chi connectivity index (χ1n) is 8.15. The molecule has 0 bridgehead atoms. The van der Waals surface area contributed by atoms with Crippen LogP contribution in [0.2, 0.25) is 5.02 Å². The van der Waals surface area contributed by atoms with Crippen molar-refractivity contribution in [3.63, 3.8) is 0 Å². The molecule has 0 spiro atoms. The van der Waals surface area contributed by atoms with Gasteiger partial charge in [-0.05, 0) is 55.3 Å². The van der Waals surface area contributed by atoms with Crippen LogP contribution >= 0.6 is 11.6 Å². The average Bonchev–Trinajstić information content (AvgIpc) is 2.51. The van der Waals surface area contributed by atoms with Crippen LogP contribution in [0.4, 0.5) is 0 Å². The third kappa shape index (κ3) is 4.45. The van der Waals surface area contributed by atoms with E-state index in [1.165, 1.54) is 18.5 Å². The number of nitrogens with zero attached hydrogens (tertiary/aromatic N) is 1. The first-order valence-corrected chi connectivity index (χ1v) is 8.53. The quantitative estimate of drug-likeness (QED) is 0.858. The second-order valence-corrected chi connectivity index (χ2v) is 7.15. The molecule has 21 heavy (non-hydrogen) atoms. The summed E-state index contributed by atoms with van der Waals surface area (Å²) in [4.78, 5) is 2.55. The van der Waals surface area contributed by atoms with Gasteiger partial charge in [-0.15, -0.1) is 0 Å². The van der Waals surface area contributed by atoms with Gasteiger partial charge < -0.3 is 10.0 Å². The van der Waals surface area contributed by atoms with E-state index < -0.39 is 0 Å². The Hall–Kier alpha value is -0.570. The molecule has 0 radical (unpaired) electrons. The Bertz CT molecular complexity index is 441. The average molecular weight is 310 g/mol. The summed E-state index contributed by atoms with van der Waals surface area (Å²) >= 11 is 6.29. The molecule has 1 heterocycles. The summed E-state index contributed by atoms with van der Waals surface area (Å²) in [6.07, 6.45) is 4.25. The summed E-state index contributed by atoms with van der Waals surface area (Å²) in [5.74, 6) is 0.759. The lowest BCUT2D eigenvalue weighted by Crippen LogP contribution is -2.44. The van der Waals surface area contributed by atoms with Crippen LogP contribution < -0.4 is 0 Å². The standard InChI is InChI=1S/C18H28ClNO/c1-3-15(2)13-20-10-8-18(14-21,9-11-20)12-16-6-4-5-7-17(16)19/h4-7,15,21H,3,8-14H2,1-2H3. The van der Waals surface area contributed by atoms with Gasteiger partial charge in [0.25, 0.3) is 0 Å². The maximum Gasteiger partial charge on any atom is 0.0491 e. The normalized spacial score (nSPS) is 20.4. The molecule has 118 valence electrons. The Labute approximate surface area is 134 Å². The summed E-state index contributed by atoms with van der Waals surface area (Å²) in [5.41, 5.74) is 1.18. The van der Waals surface area contributed by atoms with Gasteiger partial charge in [-0.1, -0.05) is 50.1 Å². The molecule has 1 unspecified atom stereocenters. The van der Waals surface area contributed by atoms with E-state index in [1.54, 1.807) is 0 Å². The molecule has 1 saturated heterocycles. The van der Waals surface area contributed by atoms with Crippen molar-refractivity contribution in [1.82, 2.24) is 4.90 Å². The lowest BCUT2D eigenvalue weighted by molar-refractivity contribution is 0.0392. The molecule has 1 N–H and O–H groups in total. The van der Waals surface area contributed by atoms with Crippen molar-refractivity contribution in [3.8, 4) is 0 Å². The van der Waals surface area contributed by atoms with Crippen molar-refractivity contribution >= 4 is 11.6 Å². The van der Waals surface area contributed by atoms with E-state index in [0.717, 1.165) is 43.3 Å². The SMILES string of the molecule is CCC(C)CN1CCC(CO)(Cc2ccccc2Cl)CC1. The van der Waals surface area contributed by atoms with Crippen molar-refractivity contribution in [2.24, 2.45) is 11.3 Å². The molecule has 0 aliphatic carbocycles. The zero-order valence-electron chi connectivity index (χ0n) is 13.3. The first-order chi connectivity index (χ1) is 10.1. The number of hydrogen-bond acceptors (Lipinski definition) is 2. The topological polar surface area (TPSA) is 23.5 Å². The molecular formula is C18H28ClNO. The predicted octanol–water partition coefficient (Wildman–Crippen LogP) is 4.00. The first kappa shape index (κ1) is 16.8. The highest BCUT2D eigenvalue weighted by Gasteiger charge is 2.34. The van der Waals surface area contributed by atoms with Crippen molar-refractivity contribution in [2.75, 3.05) is 26.2 Å². The Balaban J connectivity index is 1.97. The summed E-state index contributed by atoms with van der Waals surface area (Å²) in [6, 6.07) is 8.03. The lowest BCUT2D eigenvalue weighted by atomic mass is 9.74. The highest BCUT2D eigenvalue weighted by Crippen LogP contribution is 2.36. The molecule has 1 fully saturated rings. The van der Waals surface area contributed by atoms with E-state index in [2.05, 4.69) is 24.8 Å². The molecule has 2 nitrogen and oxygen atoms in total. The van der Waals surface area contributed by atoms with E-state index in [1.807, 2.05) is 18.2 Å². The number of rotatable bonds is 6. The Kier molecular flexibility index (Phi) is 6.09. The van der Waals surface area contributed by atoms with E-state index in [-0.39, 0.29) is 12.0 Å². The molecule has 1 aromatic rings. The van der Waals surface area contributed by atoms with Gasteiger partial charge in [-0.25, -0.2) is 0 Å². The van der Waals surface area contributed by atoms with Gasteiger partial charge in [0.15, 0.2) is 0 Å². The number of halogens is 1. The molecule has 0 saturated carbocycles. The summed E-state index contributed by atoms with van der Waals surface area (Å²) in [6.45, 7) is 8.20. The molecule has 2 rings (SSSR count). The highest BCUT2D eigenvalue weighted by atomic mass is 35.5. The van der Waals surface area contributed by atoms with E-state index in [0.29, 0.717) is 0 Å². The molecule has 0 aromatic heterocycles. The van der Waals surface area contributed by atoms with E-state index in [9.17, 15) is 5.11 Å². The number of likely N-dealkylation sites (tertiary alicyclic amines) is 1. The number of aliphatic hydroxyl groups excluding tert-OH is 1. The maximum atomic E-state index is 9.95. The van der Waals surface area contributed by atoms with Crippen LogP contribution in [0.15, 0.2) is 24.3 Å². The van der Waals surface area contributed by atoms with Crippen molar-refractivity contribution in [2.45, 2.75) is 39.5 Å². The van der Waals surface area contributed by atoms with E-state index in [4.69, 9.17) is 11.6 Å². The fraction of sp³-hybridized carbons (Fsp3) is 0.667. The van der Waals surface area contributed by atoms with Gasteiger partial charge in [-0.2, -0.15) is 0 Å². The second-order valence-electron chi connectivity index (χ2n) is 6.74. The third-order valence-electron chi connectivity index (χ3n) is 5.04. The second kappa shape index (κ2) is 7.62. The smallest absolute Gasteiger partial charge is 0.0491 e. The van der Waals surface area contributed by atoms with Crippen LogP contribution in [0, 0.1) is 11.3 Å². The van der Waals surface area contributed by atoms with Gasteiger partial charge in [0.1, 0.15) is 0 Å². The third-order valence-corrected chi connectivity index (χ3v) is 5.41. The van der Waals surface area contributed by atoms with Gasteiger partial charge in [0.05, 0.1) is 0 Å². The monoisotopic (exact) mass is 309 g/mol. The number of aliphatic hydroxyl groups is 1. The zero-order chi connectivity index (χ0) is 15.3. The summed E-state index contributed by atoms with van der Waals surface area (Å²) < 4.78 is 0. The molecule has 1 atom stereocenters. The van der Waals surface area contributed by atoms with Gasteiger partial charge in [0.2, 0.25) is 0 Å². The van der Waals surface area contributed by atoms with Crippen LogP contribution in [-0.4, -0.2) is 36.2 Å². The minimum absolute atomic E-state index is 0.0109. The van der Waals surface area contributed by atoms with Crippen LogP contribution in [0.3, 0.4) is 0 Å². The van der Waals surface area contributed by atoms with Crippen LogP contribution in [0.1, 0.15) is 38.7 Å². The lowest BCUT2D eigenvalue weighted by Gasteiger charge is -2.41. The van der Waals surface area contributed by atoms with Crippen LogP contribution in [0.25, 0.3) is 0 Å². The molecule has 1 aromatic carbocycles. The van der Waals surface area contributed by atoms with Crippen LogP contribution in [0.5, 0.6) is 0 Å². The molecule has 0 amide bonds. The highest BCUT2D eigenvalue weighted by molar-refractivity contribution is 6.31. The largest absolute Gasteiger partial charge is 0.396 e. The van der Waals surface area contributed by atoms with Crippen LogP contribution in [-0.2, 0) is 6.42 Å². The Morgan fingerprint density at radius 3 is 2.52 bits per heavy atom. The fourth-order valence-corrected chi connectivity index (χ4v) is 3.42. The van der Waals surface area contributed by atoms with Crippen molar-refractivity contribution < 1.29 is 5.11 Å². The van der Waals surface area contributed by atoms with E-state index >= 15 is 0 Å². The summed E-state index contributed by atoms with van der Waals surface area (Å²) in [7, 11) is 0. The van der Waals surface area contributed by atoms with Crippen molar-refractivity contribution in [1.29, 1.82) is 0 Å². The van der Waals surface area contributed by atoms with Gasteiger partial charge in [-0.3, -0.25) is 0 Å². The molecule has 1 aliphatic rings. The van der Waals surface area contributed by atoms with Crippen molar-refractivity contribution in [3.05, 3.63) is 34.9 Å². The minimum Gasteiger partial charge on any atom is -0.396 e. The number of hydrogen-bond donors (Lipinski definition) is 1. The zero-order valence-corrected chi connectivity index (χ0v) is 14.1. The number of piperidine rings is 1. The predicted molar refractivity (Wildman–Crippen MR) is 89.8 cm³/mol. The van der Waals surface area contributed by atoms with Gasteiger partial charge >= 0.3 is 0 Å². The molecule has 3 heteroatoms. The molecular weight excluding hydrogens is 282 g/mol.